The number of aryl methyl sites for hydroxylation is 1. The molecule has 7 nitrogen and oxygen atoms in total. The summed E-state index contributed by atoms with van der Waals surface area (Å²) in [7, 11) is 0. The van der Waals surface area contributed by atoms with E-state index in [9.17, 15) is 4.79 Å². The van der Waals surface area contributed by atoms with E-state index in [0.29, 0.717) is 30.8 Å². The topological polar surface area (TPSA) is 110 Å². The SMILES string of the molecule is Cc1cc(NN)nc(CN2CC(C(N)=O)CCC2C)n1. The standard InChI is InChI=1S/C13H22N6O/c1-8-5-11(18-15)17-12(16-8)7-19-6-10(13(14)20)4-3-9(19)2/h5,9-10H,3-4,6-7,15H2,1-2H3,(H2,14,20)(H,16,17,18). The van der Waals surface area contributed by atoms with Crippen molar-refractivity contribution in [1.82, 2.24) is 14.9 Å². The second kappa shape index (κ2) is 6.15. The first-order chi connectivity index (χ1) is 9.49. The molecule has 1 saturated heterocycles. The number of primary amides is 1. The highest BCUT2D eigenvalue weighted by Crippen LogP contribution is 2.23. The number of hydrogen-bond acceptors (Lipinski definition) is 6. The Morgan fingerprint density at radius 2 is 2.25 bits per heavy atom. The number of nitrogens with one attached hydrogen (secondary N) is 1. The van der Waals surface area contributed by atoms with Crippen LogP contribution >= 0.6 is 0 Å². The molecule has 1 aliphatic heterocycles. The number of hydrogen-bond donors (Lipinski definition) is 3. The normalized spacial score (nSPS) is 23.6. The third-order valence-electron chi connectivity index (χ3n) is 3.81. The van der Waals surface area contributed by atoms with Crippen molar-refractivity contribution in [3.63, 3.8) is 0 Å². The Hall–Kier alpha value is -1.73. The van der Waals surface area contributed by atoms with E-state index in [1.165, 1.54) is 0 Å². The average molecular weight is 278 g/mol. The van der Waals surface area contributed by atoms with E-state index in [2.05, 4.69) is 27.2 Å². The largest absolute Gasteiger partial charge is 0.369 e. The van der Waals surface area contributed by atoms with Crippen LogP contribution in [0.1, 0.15) is 31.3 Å². The van der Waals surface area contributed by atoms with Gasteiger partial charge in [0.15, 0.2) is 0 Å². The average Bonchev–Trinajstić information content (AvgIpc) is 2.40. The second-order valence-corrected chi connectivity index (χ2v) is 5.41. The molecule has 1 aromatic heterocycles. The number of aromatic nitrogens is 2. The molecule has 1 amide bonds. The van der Waals surface area contributed by atoms with E-state index < -0.39 is 0 Å². The molecule has 1 fully saturated rings. The molecule has 20 heavy (non-hydrogen) atoms. The van der Waals surface area contributed by atoms with Gasteiger partial charge >= 0.3 is 0 Å². The summed E-state index contributed by atoms with van der Waals surface area (Å²) in [4.78, 5) is 22.3. The number of nitrogens with two attached hydrogens (primary N) is 2. The lowest BCUT2D eigenvalue weighted by Crippen LogP contribution is -2.45. The Labute approximate surface area is 118 Å². The fraction of sp³-hybridized carbons (Fsp3) is 0.615. The molecule has 0 spiro atoms. The molecule has 2 atom stereocenters. The highest BCUT2D eigenvalue weighted by molar-refractivity contribution is 5.76. The molecule has 1 aliphatic rings. The van der Waals surface area contributed by atoms with Crippen molar-refractivity contribution in [1.29, 1.82) is 0 Å². The molecule has 1 aromatic rings. The van der Waals surface area contributed by atoms with E-state index >= 15 is 0 Å². The molecule has 2 rings (SSSR count). The van der Waals surface area contributed by atoms with Crippen LogP contribution in [0, 0.1) is 12.8 Å². The predicted octanol–water partition coefficient (Wildman–Crippen LogP) is 0.156. The van der Waals surface area contributed by atoms with Crippen LogP contribution in [0.15, 0.2) is 6.07 Å². The smallest absolute Gasteiger partial charge is 0.221 e. The van der Waals surface area contributed by atoms with Crippen LogP contribution in [-0.2, 0) is 11.3 Å². The van der Waals surface area contributed by atoms with Crippen molar-refractivity contribution in [3.05, 3.63) is 17.6 Å². The summed E-state index contributed by atoms with van der Waals surface area (Å²) >= 11 is 0. The van der Waals surface area contributed by atoms with Crippen molar-refractivity contribution in [2.75, 3.05) is 12.0 Å². The van der Waals surface area contributed by atoms with Crippen molar-refractivity contribution < 1.29 is 4.79 Å². The highest BCUT2D eigenvalue weighted by Gasteiger charge is 2.29. The van der Waals surface area contributed by atoms with E-state index in [1.54, 1.807) is 6.07 Å². The molecular formula is C13H22N6O. The summed E-state index contributed by atoms with van der Waals surface area (Å²) in [5.41, 5.74) is 8.81. The number of nitrogens with zero attached hydrogens (tertiary/aromatic N) is 3. The summed E-state index contributed by atoms with van der Waals surface area (Å²) in [5, 5.41) is 0. The monoisotopic (exact) mass is 278 g/mol. The molecule has 110 valence electrons. The maximum Gasteiger partial charge on any atom is 0.221 e. The number of piperidine rings is 1. The molecular weight excluding hydrogens is 256 g/mol. The fourth-order valence-corrected chi connectivity index (χ4v) is 2.59. The number of hydrazine groups is 1. The number of nitrogen functional groups attached to an aromatic ring is 1. The molecule has 2 unspecified atom stereocenters. The minimum atomic E-state index is -0.226. The molecule has 5 N–H and O–H groups in total. The molecule has 0 radical (unpaired) electrons. The van der Waals surface area contributed by atoms with E-state index in [0.717, 1.165) is 18.5 Å². The van der Waals surface area contributed by atoms with Gasteiger partial charge in [0.05, 0.1) is 12.5 Å². The maximum absolute atomic E-state index is 11.4. The van der Waals surface area contributed by atoms with Gasteiger partial charge in [0.1, 0.15) is 11.6 Å². The molecule has 0 aromatic carbocycles. The van der Waals surface area contributed by atoms with Gasteiger partial charge < -0.3 is 11.2 Å². The number of likely N-dealkylation sites (tertiary alicyclic amines) is 1. The predicted molar refractivity (Wildman–Crippen MR) is 76.4 cm³/mol. The lowest BCUT2D eigenvalue weighted by molar-refractivity contribution is -0.124. The van der Waals surface area contributed by atoms with Crippen LogP contribution in [0.5, 0.6) is 0 Å². The van der Waals surface area contributed by atoms with Crippen molar-refractivity contribution in [3.8, 4) is 0 Å². The Bertz CT molecular complexity index is 492. The van der Waals surface area contributed by atoms with Gasteiger partial charge in [-0.3, -0.25) is 9.69 Å². The van der Waals surface area contributed by atoms with E-state index in [1.807, 2.05) is 6.92 Å². The zero-order valence-corrected chi connectivity index (χ0v) is 12.0. The Kier molecular flexibility index (Phi) is 4.51. The van der Waals surface area contributed by atoms with E-state index in [4.69, 9.17) is 11.6 Å². The van der Waals surface area contributed by atoms with Gasteiger partial charge in [0.2, 0.25) is 5.91 Å². The summed E-state index contributed by atoms with van der Waals surface area (Å²) in [6, 6.07) is 2.18. The fourth-order valence-electron chi connectivity index (χ4n) is 2.59. The Morgan fingerprint density at radius 1 is 1.50 bits per heavy atom. The minimum absolute atomic E-state index is 0.0805. The first-order valence-corrected chi connectivity index (χ1v) is 6.84. The van der Waals surface area contributed by atoms with Gasteiger partial charge in [0, 0.05) is 24.3 Å². The van der Waals surface area contributed by atoms with Gasteiger partial charge in [-0.1, -0.05) is 0 Å². The van der Waals surface area contributed by atoms with Gasteiger partial charge in [-0.15, -0.1) is 0 Å². The number of anilines is 1. The van der Waals surface area contributed by atoms with Crippen LogP contribution in [-0.4, -0.2) is 33.4 Å². The van der Waals surface area contributed by atoms with Crippen LogP contribution in [0.4, 0.5) is 5.82 Å². The van der Waals surface area contributed by atoms with Gasteiger partial charge in [0.25, 0.3) is 0 Å². The maximum atomic E-state index is 11.4. The third-order valence-corrected chi connectivity index (χ3v) is 3.81. The lowest BCUT2D eigenvalue weighted by atomic mass is 9.93. The van der Waals surface area contributed by atoms with Crippen LogP contribution < -0.4 is 17.0 Å². The van der Waals surface area contributed by atoms with E-state index in [-0.39, 0.29) is 11.8 Å². The van der Waals surface area contributed by atoms with Crippen molar-refractivity contribution in [2.45, 2.75) is 39.3 Å². The number of rotatable bonds is 4. The van der Waals surface area contributed by atoms with Gasteiger partial charge in [-0.2, -0.15) is 0 Å². The number of amides is 1. The third kappa shape index (κ3) is 3.43. The molecule has 7 heteroatoms. The van der Waals surface area contributed by atoms with Crippen LogP contribution in [0.25, 0.3) is 0 Å². The Morgan fingerprint density at radius 3 is 2.90 bits per heavy atom. The zero-order chi connectivity index (χ0) is 14.7. The molecule has 0 aliphatic carbocycles. The minimum Gasteiger partial charge on any atom is -0.369 e. The van der Waals surface area contributed by atoms with Crippen molar-refractivity contribution in [2.24, 2.45) is 17.5 Å². The first kappa shape index (κ1) is 14.7. The summed E-state index contributed by atoms with van der Waals surface area (Å²) in [6.45, 7) is 5.31. The van der Waals surface area contributed by atoms with Gasteiger partial charge in [-0.05, 0) is 26.7 Å². The highest BCUT2D eigenvalue weighted by atomic mass is 16.1. The molecule has 0 bridgehead atoms. The summed E-state index contributed by atoms with van der Waals surface area (Å²) < 4.78 is 0. The summed E-state index contributed by atoms with van der Waals surface area (Å²) in [6.07, 6.45) is 1.82. The lowest BCUT2D eigenvalue weighted by Gasteiger charge is -2.36. The quantitative estimate of drug-likeness (QED) is 0.534. The Balaban J connectivity index is 2.11. The van der Waals surface area contributed by atoms with Crippen LogP contribution in [0.2, 0.25) is 0 Å². The second-order valence-electron chi connectivity index (χ2n) is 5.41. The zero-order valence-electron chi connectivity index (χ0n) is 12.0. The van der Waals surface area contributed by atoms with Gasteiger partial charge in [-0.25, -0.2) is 15.8 Å². The molecule has 0 saturated carbocycles. The number of carbonyl (C=O) groups excluding carboxylic acids is 1. The first-order valence-electron chi connectivity index (χ1n) is 6.84. The number of carbonyl (C=O) groups is 1. The van der Waals surface area contributed by atoms with Crippen molar-refractivity contribution >= 4 is 11.7 Å². The molecule has 2 heterocycles. The van der Waals surface area contributed by atoms with Crippen LogP contribution in [0.3, 0.4) is 0 Å². The summed E-state index contributed by atoms with van der Waals surface area (Å²) in [5.74, 6) is 6.39.